The van der Waals surface area contributed by atoms with Crippen molar-refractivity contribution in [3.63, 3.8) is 0 Å². The predicted octanol–water partition coefficient (Wildman–Crippen LogP) is 4.97. The zero-order valence-corrected chi connectivity index (χ0v) is 22.9. The lowest BCUT2D eigenvalue weighted by atomic mass is 10.0. The van der Waals surface area contributed by atoms with Crippen molar-refractivity contribution < 1.29 is 32.6 Å². The summed E-state index contributed by atoms with van der Waals surface area (Å²) in [4.78, 5) is 40.0. The highest BCUT2D eigenvalue weighted by molar-refractivity contribution is 7.92. The van der Waals surface area contributed by atoms with Crippen LogP contribution in [0.2, 0.25) is 0 Å². The Labute approximate surface area is 241 Å². The minimum Gasteiger partial charge on any atom is -0.481 e. The van der Waals surface area contributed by atoms with Gasteiger partial charge >= 0.3 is 18.1 Å². The molecule has 42 heavy (non-hydrogen) atoms. The lowest BCUT2D eigenvalue weighted by Crippen LogP contribution is -2.30. The van der Waals surface area contributed by atoms with Crippen LogP contribution in [0.25, 0.3) is 0 Å². The van der Waals surface area contributed by atoms with Gasteiger partial charge in [0.15, 0.2) is 0 Å². The maximum atomic E-state index is 13.2. The zero-order chi connectivity index (χ0) is 30.0. The third-order valence-electron chi connectivity index (χ3n) is 5.75. The van der Waals surface area contributed by atoms with Crippen molar-refractivity contribution in [3.05, 3.63) is 115 Å². The van der Waals surface area contributed by atoms with Crippen LogP contribution in [0, 0.1) is 0 Å². The van der Waals surface area contributed by atoms with Gasteiger partial charge in [-0.2, -0.15) is 0 Å². The zero-order valence-electron chi connectivity index (χ0n) is 22.1. The first kappa shape index (κ1) is 29.6. The van der Waals surface area contributed by atoms with E-state index in [-0.39, 0.29) is 22.9 Å². The normalized spacial score (nSPS) is 11.5. The summed E-state index contributed by atoms with van der Waals surface area (Å²) in [6.07, 6.45) is 1.73. The van der Waals surface area contributed by atoms with Crippen molar-refractivity contribution in [2.45, 2.75) is 24.0 Å². The van der Waals surface area contributed by atoms with Gasteiger partial charge in [0.25, 0.3) is 10.0 Å². The number of ether oxygens (including phenoxy) is 1. The number of alkyl carbamates (subject to hydrolysis) is 1. The molecule has 3 aromatic carbocycles. The maximum Gasteiger partial charge on any atom is 0.407 e. The van der Waals surface area contributed by atoms with Gasteiger partial charge < -0.3 is 25.8 Å². The Balaban J connectivity index is 1.44. The summed E-state index contributed by atoms with van der Waals surface area (Å²) < 4.78 is 34.0. The molecule has 0 aliphatic heterocycles. The van der Waals surface area contributed by atoms with E-state index in [1.807, 2.05) is 6.07 Å². The van der Waals surface area contributed by atoms with Crippen LogP contribution in [0.3, 0.4) is 0 Å². The van der Waals surface area contributed by atoms with E-state index in [1.54, 1.807) is 48.7 Å². The molecule has 1 atom stereocenters. The number of urea groups is 1. The predicted molar refractivity (Wildman–Crippen MR) is 155 cm³/mol. The fraction of sp³-hybridized carbons (Fsp3) is 0.103. The van der Waals surface area contributed by atoms with Gasteiger partial charge in [-0.05, 0) is 53.6 Å². The summed E-state index contributed by atoms with van der Waals surface area (Å²) >= 11 is 0. The molecule has 1 aromatic heterocycles. The number of carbonyl (C=O) groups is 3. The Morgan fingerprint density at radius 1 is 0.833 bits per heavy atom. The minimum atomic E-state index is -4.12. The number of carbonyl (C=O) groups excluding carboxylic acids is 2. The van der Waals surface area contributed by atoms with Crippen LogP contribution >= 0.6 is 0 Å². The Morgan fingerprint density at radius 2 is 1.55 bits per heavy atom. The summed E-state index contributed by atoms with van der Waals surface area (Å²) in [5.74, 6) is -1.17. The van der Waals surface area contributed by atoms with Gasteiger partial charge in [-0.3, -0.25) is 14.5 Å². The van der Waals surface area contributed by atoms with Gasteiger partial charge in [-0.1, -0.05) is 48.5 Å². The highest BCUT2D eigenvalue weighted by atomic mass is 32.2. The molecule has 13 heteroatoms. The molecule has 216 valence electrons. The number of pyridine rings is 1. The van der Waals surface area contributed by atoms with Gasteiger partial charge in [-0.15, -0.1) is 0 Å². The average molecular weight is 590 g/mol. The second kappa shape index (κ2) is 13.8. The number of nitrogens with one attached hydrogen (secondary N) is 4. The van der Waals surface area contributed by atoms with Crippen molar-refractivity contribution in [1.82, 2.24) is 10.3 Å². The second-order valence-electron chi connectivity index (χ2n) is 8.94. The van der Waals surface area contributed by atoms with Gasteiger partial charge in [0.2, 0.25) is 0 Å². The number of rotatable bonds is 11. The van der Waals surface area contributed by atoms with Crippen molar-refractivity contribution in [2.24, 2.45) is 0 Å². The van der Waals surface area contributed by atoms with Crippen LogP contribution in [0.5, 0.6) is 0 Å². The van der Waals surface area contributed by atoms with Gasteiger partial charge in [-0.25, -0.2) is 18.0 Å². The van der Waals surface area contributed by atoms with E-state index < -0.39 is 40.6 Å². The van der Waals surface area contributed by atoms with Crippen molar-refractivity contribution in [1.29, 1.82) is 0 Å². The van der Waals surface area contributed by atoms with Gasteiger partial charge in [0.1, 0.15) is 6.61 Å². The molecule has 12 nitrogen and oxygen atoms in total. The SMILES string of the molecule is O=C(O)CC(NC(=O)OCc1ccccc1)c1cccc(NS(=O)(=O)c2cccc(NC(=O)Nc3cccnc3)c2)c1. The van der Waals surface area contributed by atoms with Crippen molar-refractivity contribution >= 4 is 45.2 Å². The molecule has 0 aliphatic carbocycles. The Hall–Kier alpha value is -5.43. The van der Waals surface area contributed by atoms with E-state index in [1.165, 1.54) is 48.7 Å². The molecule has 4 rings (SSSR count). The number of anilines is 3. The fourth-order valence-corrected chi connectivity index (χ4v) is 4.93. The van der Waals surface area contributed by atoms with E-state index in [0.29, 0.717) is 11.3 Å². The molecular formula is C29H27N5O7S. The monoisotopic (exact) mass is 589 g/mol. The number of sulfonamides is 1. The number of aliphatic carboxylic acids is 1. The van der Waals surface area contributed by atoms with Crippen LogP contribution in [-0.4, -0.2) is 36.6 Å². The lowest BCUT2D eigenvalue weighted by molar-refractivity contribution is -0.137. The molecule has 0 bridgehead atoms. The number of hydrogen-bond donors (Lipinski definition) is 5. The quantitative estimate of drug-likeness (QED) is 0.163. The van der Waals surface area contributed by atoms with Crippen LogP contribution in [0.1, 0.15) is 23.6 Å². The number of nitrogens with zero attached hydrogens (tertiary/aromatic N) is 1. The maximum absolute atomic E-state index is 13.2. The Kier molecular flexibility index (Phi) is 9.69. The fourth-order valence-electron chi connectivity index (χ4n) is 3.84. The third-order valence-corrected chi connectivity index (χ3v) is 7.13. The summed E-state index contributed by atoms with van der Waals surface area (Å²) in [6.45, 7) is -0.00858. The average Bonchev–Trinajstić information content (AvgIpc) is 2.96. The number of hydrogen-bond acceptors (Lipinski definition) is 7. The highest BCUT2D eigenvalue weighted by Gasteiger charge is 2.21. The Morgan fingerprint density at radius 3 is 2.29 bits per heavy atom. The van der Waals surface area contributed by atoms with Gasteiger partial charge in [0.05, 0.1) is 29.2 Å². The van der Waals surface area contributed by atoms with Crippen LogP contribution in [0.15, 0.2) is 108 Å². The summed E-state index contributed by atoms with van der Waals surface area (Å²) in [5.41, 5.74) is 1.92. The summed E-state index contributed by atoms with van der Waals surface area (Å²) in [7, 11) is -4.12. The van der Waals surface area contributed by atoms with Crippen LogP contribution in [-0.2, 0) is 26.2 Å². The standard InChI is InChI=1S/C29H27N5O7S/c35-27(36)17-26(33-29(38)41-19-20-7-2-1-3-8-20)21-9-4-11-23(15-21)34-42(39,40)25-13-5-10-22(16-25)31-28(37)32-24-12-6-14-30-18-24/h1-16,18,26,34H,17,19H2,(H,33,38)(H,35,36)(H2,31,32,37). The van der Waals surface area contributed by atoms with Crippen molar-refractivity contribution in [3.8, 4) is 0 Å². The number of aromatic nitrogens is 1. The topological polar surface area (TPSA) is 176 Å². The number of carboxylic acids is 1. The first-order valence-electron chi connectivity index (χ1n) is 12.6. The minimum absolute atomic E-state index is 0.00858. The molecule has 0 radical (unpaired) electrons. The Bertz CT molecular complexity index is 1650. The van der Waals surface area contributed by atoms with Crippen molar-refractivity contribution in [2.75, 3.05) is 15.4 Å². The number of carboxylic acid groups (broad SMARTS) is 1. The lowest BCUT2D eigenvalue weighted by Gasteiger charge is -2.18. The molecule has 5 N–H and O–H groups in total. The van der Waals surface area contributed by atoms with Gasteiger partial charge in [0, 0.05) is 17.6 Å². The van der Waals surface area contributed by atoms with E-state index >= 15 is 0 Å². The molecule has 0 spiro atoms. The van der Waals surface area contributed by atoms with Crippen LogP contribution < -0.4 is 20.7 Å². The number of amides is 3. The molecule has 4 aromatic rings. The molecular weight excluding hydrogens is 562 g/mol. The molecule has 0 aliphatic rings. The second-order valence-corrected chi connectivity index (χ2v) is 10.6. The first-order valence-corrected chi connectivity index (χ1v) is 14.1. The van der Waals surface area contributed by atoms with E-state index in [2.05, 4.69) is 25.7 Å². The molecule has 1 unspecified atom stereocenters. The summed E-state index contributed by atoms with van der Waals surface area (Å²) in [5, 5.41) is 17.1. The molecule has 0 saturated carbocycles. The molecule has 0 fully saturated rings. The highest BCUT2D eigenvalue weighted by Crippen LogP contribution is 2.24. The molecule has 3 amide bonds. The number of benzene rings is 3. The van der Waals surface area contributed by atoms with E-state index in [9.17, 15) is 27.9 Å². The smallest absolute Gasteiger partial charge is 0.407 e. The third kappa shape index (κ3) is 8.79. The molecule has 1 heterocycles. The van der Waals surface area contributed by atoms with E-state index in [0.717, 1.165) is 5.56 Å². The molecule has 0 saturated heterocycles. The summed E-state index contributed by atoms with van der Waals surface area (Å²) in [6, 6.07) is 22.3. The van der Waals surface area contributed by atoms with Crippen LogP contribution in [0.4, 0.5) is 26.7 Å². The largest absolute Gasteiger partial charge is 0.481 e. The van der Waals surface area contributed by atoms with E-state index in [4.69, 9.17) is 4.74 Å². The first-order chi connectivity index (χ1) is 20.2.